The Bertz CT molecular complexity index is 306. The van der Waals surface area contributed by atoms with Gasteiger partial charge >= 0.3 is 12.0 Å². The van der Waals surface area contributed by atoms with Gasteiger partial charge in [-0.2, -0.15) is 0 Å². The second-order valence-electron chi connectivity index (χ2n) is 3.62. The average Bonchev–Trinajstić information content (AvgIpc) is 2.12. The molecule has 0 radical (unpaired) electrons. The quantitative estimate of drug-likeness (QED) is 0.499. The number of nitrogens with two attached hydrogens (primary N) is 2. The fourth-order valence-corrected chi connectivity index (χ4v) is 1.67. The summed E-state index contributed by atoms with van der Waals surface area (Å²) < 4.78 is -0.819. The van der Waals surface area contributed by atoms with Gasteiger partial charge in [-0.3, -0.25) is 14.9 Å². The van der Waals surface area contributed by atoms with Gasteiger partial charge in [-0.1, -0.05) is 0 Å². The van der Waals surface area contributed by atoms with Gasteiger partial charge in [-0.25, -0.2) is 4.79 Å². The van der Waals surface area contributed by atoms with E-state index in [0.717, 1.165) is 11.8 Å². The SMILES string of the molecule is CC(C)(SCC(=O)NC(N)=O)[C@@H](N)C(=O)O. The Morgan fingerprint density at radius 2 is 1.94 bits per heavy atom. The minimum Gasteiger partial charge on any atom is -0.480 e. The lowest BCUT2D eigenvalue weighted by atomic mass is 10.1. The molecule has 7 nitrogen and oxygen atoms in total. The Labute approximate surface area is 96.9 Å². The zero-order valence-electron chi connectivity index (χ0n) is 9.02. The van der Waals surface area contributed by atoms with Crippen molar-refractivity contribution in [3.05, 3.63) is 0 Å². The third-order valence-corrected chi connectivity index (χ3v) is 3.26. The number of thioether (sulfide) groups is 1. The van der Waals surface area contributed by atoms with Crippen LogP contribution < -0.4 is 16.8 Å². The van der Waals surface area contributed by atoms with E-state index in [1.165, 1.54) is 0 Å². The van der Waals surface area contributed by atoms with Gasteiger partial charge in [0.15, 0.2) is 0 Å². The topological polar surface area (TPSA) is 136 Å². The summed E-state index contributed by atoms with van der Waals surface area (Å²) >= 11 is 1.04. The monoisotopic (exact) mass is 249 g/mol. The molecular formula is C8H15N3O4S. The van der Waals surface area contributed by atoms with E-state index >= 15 is 0 Å². The number of imide groups is 1. The van der Waals surface area contributed by atoms with Crippen LogP contribution in [-0.4, -0.2) is 39.6 Å². The van der Waals surface area contributed by atoms with Gasteiger partial charge in [-0.05, 0) is 13.8 Å². The zero-order chi connectivity index (χ0) is 12.9. The molecule has 0 rings (SSSR count). The molecular weight excluding hydrogens is 234 g/mol. The van der Waals surface area contributed by atoms with Crippen LogP contribution in [0.5, 0.6) is 0 Å². The minimum atomic E-state index is -1.15. The van der Waals surface area contributed by atoms with Crippen LogP contribution in [-0.2, 0) is 9.59 Å². The highest BCUT2D eigenvalue weighted by atomic mass is 32.2. The summed E-state index contributed by atoms with van der Waals surface area (Å²) in [6, 6.07) is -2.04. The van der Waals surface area contributed by atoms with Gasteiger partial charge in [0, 0.05) is 4.75 Å². The molecule has 0 aromatic carbocycles. The smallest absolute Gasteiger partial charge is 0.321 e. The van der Waals surface area contributed by atoms with Crippen molar-refractivity contribution in [2.75, 3.05) is 5.75 Å². The van der Waals surface area contributed by atoms with Crippen LogP contribution >= 0.6 is 11.8 Å². The van der Waals surface area contributed by atoms with Crippen LogP contribution in [0, 0.1) is 0 Å². The number of carbonyl (C=O) groups excluding carboxylic acids is 2. The predicted octanol–water partition coefficient (Wildman–Crippen LogP) is -0.895. The van der Waals surface area contributed by atoms with Crippen molar-refractivity contribution in [2.45, 2.75) is 24.6 Å². The molecule has 8 heteroatoms. The third-order valence-electron chi connectivity index (χ3n) is 1.85. The van der Waals surface area contributed by atoms with Crippen molar-refractivity contribution in [3.8, 4) is 0 Å². The molecule has 0 fully saturated rings. The van der Waals surface area contributed by atoms with Crippen molar-refractivity contribution < 1.29 is 19.5 Å². The maximum absolute atomic E-state index is 11.1. The Morgan fingerprint density at radius 1 is 1.44 bits per heavy atom. The molecule has 0 aromatic heterocycles. The van der Waals surface area contributed by atoms with Crippen molar-refractivity contribution in [2.24, 2.45) is 11.5 Å². The number of hydrogen-bond acceptors (Lipinski definition) is 5. The number of nitrogens with one attached hydrogen (secondary N) is 1. The Morgan fingerprint density at radius 3 is 2.31 bits per heavy atom. The summed E-state index contributed by atoms with van der Waals surface area (Å²) in [6.07, 6.45) is 0. The van der Waals surface area contributed by atoms with E-state index in [2.05, 4.69) is 0 Å². The number of carbonyl (C=O) groups is 3. The third kappa shape index (κ3) is 4.99. The Kier molecular flexibility index (Phi) is 5.25. The summed E-state index contributed by atoms with van der Waals surface area (Å²) in [5.74, 6) is -1.81. The molecule has 0 aliphatic carbocycles. The number of primary amides is 1. The Hall–Kier alpha value is -1.28. The summed E-state index contributed by atoms with van der Waals surface area (Å²) in [6.45, 7) is 3.21. The fraction of sp³-hybridized carbons (Fsp3) is 0.625. The van der Waals surface area contributed by atoms with Gasteiger partial charge in [-0.15, -0.1) is 11.8 Å². The summed E-state index contributed by atoms with van der Waals surface area (Å²) in [4.78, 5) is 32.1. The van der Waals surface area contributed by atoms with Crippen molar-refractivity contribution in [3.63, 3.8) is 0 Å². The van der Waals surface area contributed by atoms with E-state index in [4.69, 9.17) is 16.6 Å². The lowest BCUT2D eigenvalue weighted by molar-refractivity contribution is -0.139. The van der Waals surface area contributed by atoms with Crippen LogP contribution in [0.4, 0.5) is 4.79 Å². The molecule has 0 saturated heterocycles. The van der Waals surface area contributed by atoms with Crippen molar-refractivity contribution >= 4 is 29.7 Å². The molecule has 3 amide bonds. The highest BCUT2D eigenvalue weighted by Crippen LogP contribution is 2.27. The molecule has 0 saturated carbocycles. The van der Waals surface area contributed by atoms with E-state index in [9.17, 15) is 14.4 Å². The van der Waals surface area contributed by atoms with Crippen molar-refractivity contribution in [1.82, 2.24) is 5.32 Å². The first kappa shape index (κ1) is 14.7. The summed E-state index contributed by atoms with van der Waals surface area (Å²) in [5, 5.41) is 10.6. The molecule has 0 unspecified atom stereocenters. The number of rotatable bonds is 5. The van der Waals surface area contributed by atoms with Crippen LogP contribution in [0.1, 0.15) is 13.8 Å². The Balaban J connectivity index is 4.23. The second kappa shape index (κ2) is 5.71. The van der Waals surface area contributed by atoms with Crippen LogP contribution in [0.25, 0.3) is 0 Å². The van der Waals surface area contributed by atoms with E-state index in [0.29, 0.717) is 0 Å². The highest BCUT2D eigenvalue weighted by molar-refractivity contribution is 8.01. The molecule has 16 heavy (non-hydrogen) atoms. The van der Waals surface area contributed by atoms with E-state index in [1.54, 1.807) is 13.8 Å². The van der Waals surface area contributed by atoms with Crippen LogP contribution in [0.3, 0.4) is 0 Å². The molecule has 0 heterocycles. The molecule has 0 spiro atoms. The number of carboxylic acids is 1. The van der Waals surface area contributed by atoms with Gasteiger partial charge in [0.1, 0.15) is 6.04 Å². The molecule has 0 aliphatic rings. The van der Waals surface area contributed by atoms with E-state index in [-0.39, 0.29) is 5.75 Å². The molecule has 6 N–H and O–H groups in total. The van der Waals surface area contributed by atoms with Gasteiger partial charge in [0.05, 0.1) is 5.75 Å². The number of carboxylic acid groups (broad SMARTS) is 1. The average molecular weight is 249 g/mol. The van der Waals surface area contributed by atoms with Crippen LogP contribution in [0.2, 0.25) is 0 Å². The number of amides is 3. The first-order valence-corrected chi connectivity index (χ1v) is 5.37. The van der Waals surface area contributed by atoms with Gasteiger partial charge < -0.3 is 16.6 Å². The van der Waals surface area contributed by atoms with Gasteiger partial charge in [0.25, 0.3) is 0 Å². The largest absolute Gasteiger partial charge is 0.480 e. The molecule has 0 aliphatic heterocycles. The molecule has 0 aromatic rings. The first-order valence-electron chi connectivity index (χ1n) is 4.38. The molecule has 1 atom stereocenters. The number of aliphatic carboxylic acids is 1. The highest BCUT2D eigenvalue weighted by Gasteiger charge is 2.33. The van der Waals surface area contributed by atoms with Crippen LogP contribution in [0.15, 0.2) is 0 Å². The standard InChI is InChI=1S/C8H15N3O4S/c1-8(2,5(9)6(13)14)16-3-4(12)11-7(10)15/h5H,3,9H2,1-2H3,(H,13,14)(H3,10,11,12,15)/t5-/m0/s1. The van der Waals surface area contributed by atoms with Gasteiger partial charge in [0.2, 0.25) is 5.91 Å². The predicted molar refractivity (Wildman–Crippen MR) is 59.9 cm³/mol. The molecule has 0 bridgehead atoms. The first-order chi connectivity index (χ1) is 7.16. The van der Waals surface area contributed by atoms with Crippen molar-refractivity contribution in [1.29, 1.82) is 0 Å². The number of hydrogen-bond donors (Lipinski definition) is 4. The maximum Gasteiger partial charge on any atom is 0.321 e. The lowest BCUT2D eigenvalue weighted by Gasteiger charge is -2.27. The second-order valence-corrected chi connectivity index (χ2v) is 5.25. The minimum absolute atomic E-state index is 0.0864. The zero-order valence-corrected chi connectivity index (χ0v) is 9.84. The molecule has 92 valence electrons. The lowest BCUT2D eigenvalue weighted by Crippen LogP contribution is -2.47. The summed E-state index contributed by atoms with van der Waals surface area (Å²) in [7, 11) is 0. The number of urea groups is 1. The normalized spacial score (nSPS) is 12.9. The fourth-order valence-electron chi connectivity index (χ4n) is 0.812. The van der Waals surface area contributed by atoms with E-state index in [1.807, 2.05) is 5.32 Å². The van der Waals surface area contributed by atoms with E-state index < -0.39 is 28.7 Å². The summed E-state index contributed by atoms with van der Waals surface area (Å²) in [5.41, 5.74) is 10.2. The maximum atomic E-state index is 11.1.